The molecule has 0 atom stereocenters. The van der Waals surface area contributed by atoms with Gasteiger partial charge >= 0.3 is 0 Å². The molecule has 3 rings (SSSR count). The van der Waals surface area contributed by atoms with E-state index in [1.165, 1.54) is 31.4 Å². The van der Waals surface area contributed by atoms with Gasteiger partial charge in [-0.15, -0.1) is 0 Å². The van der Waals surface area contributed by atoms with Gasteiger partial charge in [-0.3, -0.25) is 9.88 Å². The highest BCUT2D eigenvalue weighted by Gasteiger charge is 2.33. The zero-order chi connectivity index (χ0) is 12.5. The van der Waals surface area contributed by atoms with Crippen LogP contribution in [0.2, 0.25) is 0 Å². The molecule has 2 fully saturated rings. The molecule has 1 saturated heterocycles. The topological polar surface area (TPSA) is 68.2 Å². The van der Waals surface area contributed by atoms with Crippen LogP contribution in [0.25, 0.3) is 0 Å². The van der Waals surface area contributed by atoms with Gasteiger partial charge in [-0.05, 0) is 37.8 Å². The Bertz CT molecular complexity index is 406. The summed E-state index contributed by atoms with van der Waals surface area (Å²) in [4.78, 5) is 7.00. The minimum Gasteiger partial charge on any atom is -0.399 e. The lowest BCUT2D eigenvalue weighted by atomic mass is 9.82. The number of aromatic nitrogens is 1. The van der Waals surface area contributed by atoms with Crippen molar-refractivity contribution in [3.8, 4) is 0 Å². The fourth-order valence-corrected chi connectivity index (χ4v) is 3.27. The summed E-state index contributed by atoms with van der Waals surface area (Å²) in [6.07, 6.45) is 6.83. The predicted octanol–water partition coefficient (Wildman–Crippen LogP) is 1.33. The molecular weight excluding hydrogens is 224 g/mol. The number of rotatable bonds is 2. The highest BCUT2D eigenvalue weighted by Crippen LogP contribution is 2.35. The van der Waals surface area contributed by atoms with Crippen LogP contribution in [-0.2, 0) is 0 Å². The Morgan fingerprint density at radius 1 is 1.17 bits per heavy atom. The molecule has 4 nitrogen and oxygen atoms in total. The van der Waals surface area contributed by atoms with Crippen molar-refractivity contribution in [2.24, 2.45) is 5.73 Å². The van der Waals surface area contributed by atoms with E-state index < -0.39 is 0 Å². The lowest BCUT2D eigenvalue weighted by molar-refractivity contribution is 0.0677. The molecular formula is C14H22N4. The molecule has 0 unspecified atom stereocenters. The van der Waals surface area contributed by atoms with Gasteiger partial charge < -0.3 is 11.5 Å². The molecule has 4 heteroatoms. The number of hydrogen-bond donors (Lipinski definition) is 2. The quantitative estimate of drug-likeness (QED) is 0.826. The number of anilines is 1. The number of nitrogens with zero attached hydrogens (tertiary/aromatic N) is 2. The third kappa shape index (κ3) is 2.35. The molecule has 1 aromatic rings. The van der Waals surface area contributed by atoms with Crippen LogP contribution in [0.1, 0.15) is 37.3 Å². The Kier molecular flexibility index (Phi) is 3.22. The minimum atomic E-state index is 0.415. The summed E-state index contributed by atoms with van der Waals surface area (Å²) >= 11 is 0. The lowest BCUT2D eigenvalue weighted by Crippen LogP contribution is -2.59. The summed E-state index contributed by atoms with van der Waals surface area (Å²) in [5.41, 5.74) is 13.7. The van der Waals surface area contributed by atoms with Crippen LogP contribution in [0, 0.1) is 0 Å². The second-order valence-corrected chi connectivity index (χ2v) is 5.73. The monoisotopic (exact) mass is 246 g/mol. The van der Waals surface area contributed by atoms with Crippen LogP contribution >= 0.6 is 0 Å². The largest absolute Gasteiger partial charge is 0.399 e. The first-order valence-electron chi connectivity index (χ1n) is 6.93. The second-order valence-electron chi connectivity index (χ2n) is 5.73. The van der Waals surface area contributed by atoms with E-state index in [0.29, 0.717) is 12.0 Å². The van der Waals surface area contributed by atoms with E-state index >= 15 is 0 Å². The van der Waals surface area contributed by atoms with Gasteiger partial charge in [0, 0.05) is 48.7 Å². The van der Waals surface area contributed by atoms with Crippen LogP contribution < -0.4 is 11.5 Å². The maximum atomic E-state index is 5.84. The van der Waals surface area contributed by atoms with Gasteiger partial charge in [0.25, 0.3) is 0 Å². The summed E-state index contributed by atoms with van der Waals surface area (Å²) < 4.78 is 0. The highest BCUT2D eigenvalue weighted by molar-refractivity contribution is 5.38. The smallest absolute Gasteiger partial charge is 0.0454 e. The standard InChI is InChI=1S/C14H22N4/c15-11-5-6-17-14(7-11)10-1-3-13(4-2-10)18-8-12(16)9-18/h5-7,10,12-13H,1-4,8-9,16H2,(H2,15,17). The third-order valence-corrected chi connectivity index (χ3v) is 4.37. The van der Waals surface area contributed by atoms with Gasteiger partial charge in [0.05, 0.1) is 0 Å². The molecule has 1 saturated carbocycles. The maximum Gasteiger partial charge on any atom is 0.0454 e. The maximum absolute atomic E-state index is 5.84. The van der Waals surface area contributed by atoms with Crippen molar-refractivity contribution in [2.75, 3.05) is 18.8 Å². The highest BCUT2D eigenvalue weighted by atomic mass is 15.2. The van der Waals surface area contributed by atoms with E-state index in [2.05, 4.69) is 9.88 Å². The number of likely N-dealkylation sites (tertiary alicyclic amines) is 1. The summed E-state index contributed by atoms with van der Waals surface area (Å²) in [5, 5.41) is 0. The lowest BCUT2D eigenvalue weighted by Gasteiger charge is -2.45. The third-order valence-electron chi connectivity index (χ3n) is 4.37. The van der Waals surface area contributed by atoms with Crippen molar-refractivity contribution < 1.29 is 0 Å². The summed E-state index contributed by atoms with van der Waals surface area (Å²) in [7, 11) is 0. The molecule has 2 aliphatic rings. The Morgan fingerprint density at radius 2 is 1.89 bits per heavy atom. The molecule has 18 heavy (non-hydrogen) atoms. The normalized spacial score (nSPS) is 30.1. The first kappa shape index (κ1) is 11.9. The van der Waals surface area contributed by atoms with E-state index in [1.54, 1.807) is 0 Å². The van der Waals surface area contributed by atoms with Gasteiger partial charge in [-0.25, -0.2) is 0 Å². The first-order chi connectivity index (χ1) is 8.72. The van der Waals surface area contributed by atoms with Crippen molar-refractivity contribution in [3.63, 3.8) is 0 Å². The molecule has 0 spiro atoms. The van der Waals surface area contributed by atoms with E-state index in [1.807, 2.05) is 18.3 Å². The predicted molar refractivity (Wildman–Crippen MR) is 73.2 cm³/mol. The second kappa shape index (κ2) is 4.86. The van der Waals surface area contributed by atoms with E-state index in [9.17, 15) is 0 Å². The summed E-state index contributed by atoms with van der Waals surface area (Å²) in [6, 6.07) is 5.06. The van der Waals surface area contributed by atoms with Crippen molar-refractivity contribution in [1.29, 1.82) is 0 Å². The molecule has 0 aromatic carbocycles. The number of pyridine rings is 1. The van der Waals surface area contributed by atoms with Gasteiger partial charge in [0.15, 0.2) is 0 Å². The van der Waals surface area contributed by atoms with E-state index in [0.717, 1.165) is 24.8 Å². The molecule has 4 N–H and O–H groups in total. The Balaban J connectivity index is 1.57. The zero-order valence-electron chi connectivity index (χ0n) is 10.8. The number of nitrogens with two attached hydrogens (primary N) is 2. The first-order valence-corrected chi connectivity index (χ1v) is 6.93. The van der Waals surface area contributed by atoms with E-state index in [-0.39, 0.29) is 0 Å². The molecule has 1 aliphatic carbocycles. The van der Waals surface area contributed by atoms with E-state index in [4.69, 9.17) is 11.5 Å². The number of nitrogen functional groups attached to an aromatic ring is 1. The minimum absolute atomic E-state index is 0.415. The Labute approximate surface area is 108 Å². The van der Waals surface area contributed by atoms with Gasteiger partial charge in [-0.2, -0.15) is 0 Å². The van der Waals surface area contributed by atoms with Crippen LogP contribution in [0.3, 0.4) is 0 Å². The Hall–Kier alpha value is -1.13. The van der Waals surface area contributed by atoms with Crippen molar-refractivity contribution in [1.82, 2.24) is 9.88 Å². The van der Waals surface area contributed by atoms with Crippen molar-refractivity contribution in [2.45, 2.75) is 43.7 Å². The SMILES string of the molecule is Nc1ccnc(C2CCC(N3CC(N)C3)CC2)c1. The van der Waals surface area contributed by atoms with Crippen LogP contribution in [0.4, 0.5) is 5.69 Å². The van der Waals surface area contributed by atoms with Gasteiger partial charge in [-0.1, -0.05) is 0 Å². The average Bonchev–Trinajstić information content (AvgIpc) is 2.35. The molecule has 0 amide bonds. The van der Waals surface area contributed by atoms with Crippen LogP contribution in [0.15, 0.2) is 18.3 Å². The number of hydrogen-bond acceptors (Lipinski definition) is 4. The molecule has 0 bridgehead atoms. The fourth-order valence-electron chi connectivity index (χ4n) is 3.27. The fraction of sp³-hybridized carbons (Fsp3) is 0.643. The molecule has 0 radical (unpaired) electrons. The van der Waals surface area contributed by atoms with Crippen molar-refractivity contribution >= 4 is 5.69 Å². The average molecular weight is 246 g/mol. The Morgan fingerprint density at radius 3 is 2.50 bits per heavy atom. The molecule has 1 aromatic heterocycles. The summed E-state index contributed by atoms with van der Waals surface area (Å²) in [6.45, 7) is 2.18. The van der Waals surface area contributed by atoms with Crippen LogP contribution in [0.5, 0.6) is 0 Å². The summed E-state index contributed by atoms with van der Waals surface area (Å²) in [5.74, 6) is 0.597. The van der Waals surface area contributed by atoms with Gasteiger partial charge in [0.1, 0.15) is 0 Å². The van der Waals surface area contributed by atoms with Crippen molar-refractivity contribution in [3.05, 3.63) is 24.0 Å². The molecule has 98 valence electrons. The molecule has 2 heterocycles. The molecule has 1 aliphatic heterocycles. The van der Waals surface area contributed by atoms with Gasteiger partial charge in [0.2, 0.25) is 0 Å². The zero-order valence-corrected chi connectivity index (χ0v) is 10.8. The van der Waals surface area contributed by atoms with Crippen LogP contribution in [-0.4, -0.2) is 35.1 Å².